The van der Waals surface area contributed by atoms with E-state index in [-0.39, 0.29) is 5.91 Å². The summed E-state index contributed by atoms with van der Waals surface area (Å²) in [5.41, 5.74) is 1.87. The summed E-state index contributed by atoms with van der Waals surface area (Å²) in [6, 6.07) is 9.72. The molecule has 1 N–H and O–H groups in total. The van der Waals surface area contributed by atoms with E-state index in [1.54, 1.807) is 6.20 Å². The zero-order valence-corrected chi connectivity index (χ0v) is 13.1. The van der Waals surface area contributed by atoms with E-state index in [4.69, 9.17) is 4.74 Å². The van der Waals surface area contributed by atoms with Gasteiger partial charge in [0, 0.05) is 30.7 Å². The topological polar surface area (TPSA) is 56.2 Å². The molecule has 1 saturated carbocycles. The summed E-state index contributed by atoms with van der Waals surface area (Å²) in [6.07, 6.45) is 5.29. The van der Waals surface area contributed by atoms with Crippen molar-refractivity contribution in [1.82, 2.24) is 9.78 Å². The van der Waals surface area contributed by atoms with Gasteiger partial charge in [-0.3, -0.25) is 4.79 Å². The molecule has 2 aromatic rings. The summed E-state index contributed by atoms with van der Waals surface area (Å²) in [5.74, 6) is 1.82. The summed E-state index contributed by atoms with van der Waals surface area (Å²) >= 11 is 0. The molecule has 120 valence electrons. The lowest BCUT2D eigenvalue weighted by Gasteiger charge is -2.11. The normalized spacial score (nSPS) is 20.6. The molecule has 1 saturated heterocycles. The SMILES string of the molecule is O=C(Nc1ccnn1CC1CC1)c1cccc(C2CCOC2)c1. The number of hydrogen-bond acceptors (Lipinski definition) is 3. The molecule has 1 atom stereocenters. The number of amides is 1. The third-order valence-corrected chi connectivity index (χ3v) is 4.64. The average molecular weight is 311 g/mol. The van der Waals surface area contributed by atoms with E-state index < -0.39 is 0 Å². The van der Waals surface area contributed by atoms with E-state index in [1.807, 2.05) is 28.9 Å². The highest BCUT2D eigenvalue weighted by Crippen LogP contribution is 2.31. The van der Waals surface area contributed by atoms with Gasteiger partial charge in [-0.05, 0) is 42.9 Å². The van der Waals surface area contributed by atoms with Crippen LogP contribution < -0.4 is 5.32 Å². The summed E-state index contributed by atoms with van der Waals surface area (Å²) < 4.78 is 7.34. The molecule has 0 radical (unpaired) electrons. The molecule has 5 heteroatoms. The first-order chi connectivity index (χ1) is 11.3. The van der Waals surface area contributed by atoms with Crippen LogP contribution in [0.15, 0.2) is 36.5 Å². The van der Waals surface area contributed by atoms with Gasteiger partial charge >= 0.3 is 0 Å². The first-order valence-electron chi connectivity index (χ1n) is 8.30. The largest absolute Gasteiger partial charge is 0.381 e. The number of aromatic nitrogens is 2. The number of benzene rings is 1. The number of ether oxygens (including phenoxy) is 1. The molecule has 0 bridgehead atoms. The predicted molar refractivity (Wildman–Crippen MR) is 87.5 cm³/mol. The molecule has 5 nitrogen and oxygen atoms in total. The zero-order valence-electron chi connectivity index (χ0n) is 13.1. The van der Waals surface area contributed by atoms with Crippen LogP contribution in [0.4, 0.5) is 5.82 Å². The first kappa shape index (κ1) is 14.5. The molecule has 2 aliphatic rings. The van der Waals surface area contributed by atoms with E-state index in [0.29, 0.717) is 11.5 Å². The molecule has 1 aromatic heterocycles. The molecular weight excluding hydrogens is 290 g/mol. The van der Waals surface area contributed by atoms with Crippen molar-refractivity contribution < 1.29 is 9.53 Å². The number of carbonyl (C=O) groups excluding carboxylic acids is 1. The lowest BCUT2D eigenvalue weighted by Crippen LogP contribution is -2.16. The van der Waals surface area contributed by atoms with Crippen LogP contribution >= 0.6 is 0 Å². The van der Waals surface area contributed by atoms with Crippen molar-refractivity contribution in [3.63, 3.8) is 0 Å². The van der Waals surface area contributed by atoms with Crippen molar-refractivity contribution >= 4 is 11.7 Å². The van der Waals surface area contributed by atoms with Crippen molar-refractivity contribution in [3.05, 3.63) is 47.7 Å². The second kappa shape index (κ2) is 6.16. The van der Waals surface area contributed by atoms with Crippen molar-refractivity contribution in [2.75, 3.05) is 18.5 Å². The number of nitrogens with zero attached hydrogens (tertiary/aromatic N) is 2. The third kappa shape index (κ3) is 3.29. The lowest BCUT2D eigenvalue weighted by molar-refractivity contribution is 0.102. The number of nitrogens with one attached hydrogen (secondary N) is 1. The molecular formula is C18H21N3O2. The fraction of sp³-hybridized carbons (Fsp3) is 0.444. The van der Waals surface area contributed by atoms with Gasteiger partial charge in [-0.2, -0.15) is 5.10 Å². The molecule has 23 heavy (non-hydrogen) atoms. The van der Waals surface area contributed by atoms with Crippen LogP contribution in [0.25, 0.3) is 0 Å². The summed E-state index contributed by atoms with van der Waals surface area (Å²) in [7, 11) is 0. The Labute approximate surface area is 135 Å². The van der Waals surface area contributed by atoms with Crippen LogP contribution in [0.2, 0.25) is 0 Å². The maximum atomic E-state index is 12.5. The zero-order chi connectivity index (χ0) is 15.6. The van der Waals surface area contributed by atoms with Crippen molar-refractivity contribution in [2.24, 2.45) is 5.92 Å². The highest BCUT2D eigenvalue weighted by molar-refractivity contribution is 6.03. The van der Waals surface area contributed by atoms with Crippen LogP contribution in [0.1, 0.15) is 41.1 Å². The van der Waals surface area contributed by atoms with Gasteiger partial charge in [-0.1, -0.05) is 12.1 Å². The number of hydrogen-bond donors (Lipinski definition) is 1. The Hall–Kier alpha value is -2.14. The molecule has 2 heterocycles. The molecule has 4 rings (SSSR count). The van der Waals surface area contributed by atoms with Crippen LogP contribution in [-0.2, 0) is 11.3 Å². The molecule has 1 aliphatic heterocycles. The maximum absolute atomic E-state index is 12.5. The first-order valence-corrected chi connectivity index (χ1v) is 8.30. The second-order valence-corrected chi connectivity index (χ2v) is 6.48. The second-order valence-electron chi connectivity index (χ2n) is 6.48. The minimum Gasteiger partial charge on any atom is -0.381 e. The van der Waals surface area contributed by atoms with E-state index in [2.05, 4.69) is 16.5 Å². The fourth-order valence-electron chi connectivity index (χ4n) is 3.05. The summed E-state index contributed by atoms with van der Waals surface area (Å²) in [6.45, 7) is 2.45. The Morgan fingerprint density at radius 3 is 3.00 bits per heavy atom. The summed E-state index contributed by atoms with van der Waals surface area (Å²) in [4.78, 5) is 12.5. The standard InChI is InChI=1S/C18H21N3O2/c22-18(20-17-6-8-19-21(17)11-13-4-5-13)15-3-1-2-14(10-15)16-7-9-23-12-16/h1-3,6,8,10,13,16H,4-5,7,9,11-12H2,(H,20,22). The van der Waals surface area contributed by atoms with Gasteiger partial charge < -0.3 is 10.1 Å². The predicted octanol–water partition coefficient (Wildman–Crippen LogP) is 3.05. The lowest BCUT2D eigenvalue weighted by atomic mass is 9.96. The Balaban J connectivity index is 1.48. The quantitative estimate of drug-likeness (QED) is 0.923. The highest BCUT2D eigenvalue weighted by atomic mass is 16.5. The molecule has 0 spiro atoms. The average Bonchev–Trinajstić information content (AvgIpc) is 3.04. The minimum absolute atomic E-state index is 0.0803. The van der Waals surface area contributed by atoms with Crippen molar-refractivity contribution in [1.29, 1.82) is 0 Å². The number of rotatable bonds is 5. The smallest absolute Gasteiger partial charge is 0.256 e. The fourth-order valence-corrected chi connectivity index (χ4v) is 3.05. The van der Waals surface area contributed by atoms with Crippen LogP contribution in [-0.4, -0.2) is 28.9 Å². The molecule has 1 aromatic carbocycles. The third-order valence-electron chi connectivity index (χ3n) is 4.64. The van der Waals surface area contributed by atoms with Gasteiger partial charge in [0.05, 0.1) is 12.8 Å². The van der Waals surface area contributed by atoms with Gasteiger partial charge in [-0.25, -0.2) is 4.68 Å². The Morgan fingerprint density at radius 2 is 2.22 bits per heavy atom. The number of carbonyl (C=O) groups is 1. The van der Waals surface area contributed by atoms with E-state index in [1.165, 1.54) is 18.4 Å². The summed E-state index contributed by atoms with van der Waals surface area (Å²) in [5, 5.41) is 7.30. The van der Waals surface area contributed by atoms with Gasteiger partial charge in [0.1, 0.15) is 5.82 Å². The van der Waals surface area contributed by atoms with Gasteiger partial charge in [0.2, 0.25) is 0 Å². The van der Waals surface area contributed by atoms with E-state index in [0.717, 1.165) is 37.9 Å². The minimum atomic E-state index is -0.0803. The van der Waals surface area contributed by atoms with Crippen molar-refractivity contribution in [2.45, 2.75) is 31.7 Å². The highest BCUT2D eigenvalue weighted by Gasteiger charge is 2.23. The number of anilines is 1. The van der Waals surface area contributed by atoms with Crippen LogP contribution in [0.5, 0.6) is 0 Å². The monoisotopic (exact) mass is 311 g/mol. The molecule has 1 aliphatic carbocycles. The van der Waals surface area contributed by atoms with E-state index in [9.17, 15) is 4.79 Å². The van der Waals surface area contributed by atoms with Crippen LogP contribution in [0, 0.1) is 5.92 Å². The van der Waals surface area contributed by atoms with Gasteiger partial charge in [0.25, 0.3) is 5.91 Å². The van der Waals surface area contributed by atoms with Crippen LogP contribution in [0.3, 0.4) is 0 Å². The van der Waals surface area contributed by atoms with Gasteiger partial charge in [-0.15, -0.1) is 0 Å². The Morgan fingerprint density at radius 1 is 1.30 bits per heavy atom. The maximum Gasteiger partial charge on any atom is 0.256 e. The molecule has 1 amide bonds. The molecule has 2 fully saturated rings. The molecule has 1 unspecified atom stereocenters. The van der Waals surface area contributed by atoms with E-state index >= 15 is 0 Å². The van der Waals surface area contributed by atoms with Crippen molar-refractivity contribution in [3.8, 4) is 0 Å². The van der Waals surface area contributed by atoms with Gasteiger partial charge in [0.15, 0.2) is 0 Å². The Bertz CT molecular complexity index is 700. The Kier molecular flexibility index (Phi) is 3.87.